The van der Waals surface area contributed by atoms with Crippen molar-refractivity contribution in [3.05, 3.63) is 66.2 Å². The van der Waals surface area contributed by atoms with Crippen molar-refractivity contribution >= 4 is 22.9 Å². The van der Waals surface area contributed by atoms with Crippen LogP contribution in [0, 0.1) is 0 Å². The first-order valence-electron chi connectivity index (χ1n) is 6.67. The van der Waals surface area contributed by atoms with Crippen LogP contribution in [0.5, 0.6) is 0 Å². The van der Waals surface area contributed by atoms with Gasteiger partial charge in [-0.05, 0) is 11.6 Å². The topological polar surface area (TPSA) is 42.7 Å². The Morgan fingerprint density at radius 2 is 1.81 bits per heavy atom. The molecule has 3 aromatic rings. The van der Waals surface area contributed by atoms with Crippen LogP contribution in [0.1, 0.15) is 5.56 Å². The molecule has 0 fully saturated rings. The highest BCUT2D eigenvalue weighted by molar-refractivity contribution is 5.89. The number of ether oxygens (including phenoxy) is 1. The van der Waals surface area contributed by atoms with Gasteiger partial charge in [0, 0.05) is 18.5 Å². The van der Waals surface area contributed by atoms with Crippen molar-refractivity contribution in [2.45, 2.75) is 6.61 Å². The summed E-state index contributed by atoms with van der Waals surface area (Å²) in [5, 5.41) is 0.954. The van der Waals surface area contributed by atoms with Gasteiger partial charge in [0.25, 0.3) is 0 Å². The molecule has 0 bridgehead atoms. The molecular weight excluding hydrogens is 266 g/mol. The zero-order chi connectivity index (χ0) is 14.7. The van der Waals surface area contributed by atoms with E-state index in [0.717, 1.165) is 16.5 Å². The standard InChI is InChI=1S/C17H15NO3/c1-18(16-11-14-9-5-6-10-15(14)21-16)17(19)20-12-13-7-3-2-4-8-13/h2-11H,12H2,1H3. The second-order valence-corrected chi connectivity index (χ2v) is 4.72. The zero-order valence-corrected chi connectivity index (χ0v) is 11.7. The molecule has 0 spiro atoms. The van der Waals surface area contributed by atoms with Crippen LogP contribution in [0.4, 0.5) is 10.7 Å². The molecule has 0 unspecified atom stereocenters. The Morgan fingerprint density at radius 1 is 1.10 bits per heavy atom. The average Bonchev–Trinajstić information content (AvgIpc) is 2.97. The van der Waals surface area contributed by atoms with Crippen LogP contribution in [-0.2, 0) is 11.3 Å². The molecule has 0 saturated heterocycles. The van der Waals surface area contributed by atoms with E-state index in [2.05, 4.69) is 0 Å². The first kappa shape index (κ1) is 13.2. The molecule has 21 heavy (non-hydrogen) atoms. The molecule has 4 heteroatoms. The molecule has 1 amide bonds. The van der Waals surface area contributed by atoms with E-state index < -0.39 is 6.09 Å². The quantitative estimate of drug-likeness (QED) is 0.722. The number of carbonyl (C=O) groups excluding carboxylic acids is 1. The van der Waals surface area contributed by atoms with Crippen molar-refractivity contribution in [1.29, 1.82) is 0 Å². The van der Waals surface area contributed by atoms with Crippen molar-refractivity contribution in [3.63, 3.8) is 0 Å². The Balaban J connectivity index is 1.69. The molecule has 0 saturated carbocycles. The summed E-state index contributed by atoms with van der Waals surface area (Å²) in [7, 11) is 1.63. The highest BCUT2D eigenvalue weighted by Crippen LogP contribution is 2.25. The van der Waals surface area contributed by atoms with Gasteiger partial charge in [0.05, 0.1) is 0 Å². The lowest BCUT2D eigenvalue weighted by atomic mass is 10.2. The summed E-state index contributed by atoms with van der Waals surface area (Å²) in [6.07, 6.45) is -0.446. The number of nitrogens with zero attached hydrogens (tertiary/aromatic N) is 1. The number of hydrogen-bond donors (Lipinski definition) is 0. The molecule has 0 aliphatic heterocycles. The van der Waals surface area contributed by atoms with Crippen LogP contribution in [0.3, 0.4) is 0 Å². The molecule has 106 valence electrons. The van der Waals surface area contributed by atoms with Gasteiger partial charge in [0.15, 0.2) is 0 Å². The number of hydrogen-bond acceptors (Lipinski definition) is 3. The SMILES string of the molecule is CN(C(=O)OCc1ccccc1)c1cc2ccccc2o1. The zero-order valence-electron chi connectivity index (χ0n) is 11.7. The summed E-state index contributed by atoms with van der Waals surface area (Å²) in [5.74, 6) is 0.467. The molecular formula is C17H15NO3. The van der Waals surface area contributed by atoms with Crippen molar-refractivity contribution < 1.29 is 13.9 Å². The molecule has 1 heterocycles. The Labute approximate surface area is 122 Å². The van der Waals surface area contributed by atoms with Gasteiger partial charge in [-0.25, -0.2) is 4.79 Å². The first-order chi connectivity index (χ1) is 10.2. The van der Waals surface area contributed by atoms with Gasteiger partial charge < -0.3 is 9.15 Å². The van der Waals surface area contributed by atoms with Gasteiger partial charge in [0.2, 0.25) is 5.88 Å². The van der Waals surface area contributed by atoms with E-state index in [4.69, 9.17) is 9.15 Å². The maximum Gasteiger partial charge on any atom is 0.416 e. The second kappa shape index (κ2) is 5.71. The number of fused-ring (bicyclic) bond motifs is 1. The van der Waals surface area contributed by atoms with Crippen molar-refractivity contribution in [1.82, 2.24) is 0 Å². The predicted octanol–water partition coefficient (Wildman–Crippen LogP) is 4.21. The Hall–Kier alpha value is -2.75. The number of anilines is 1. The monoisotopic (exact) mass is 281 g/mol. The number of furan rings is 1. The predicted molar refractivity (Wildman–Crippen MR) is 81.2 cm³/mol. The van der Waals surface area contributed by atoms with Gasteiger partial charge in [-0.1, -0.05) is 48.5 Å². The largest absolute Gasteiger partial charge is 0.444 e. The van der Waals surface area contributed by atoms with Crippen molar-refractivity contribution in [2.75, 3.05) is 11.9 Å². The van der Waals surface area contributed by atoms with Gasteiger partial charge in [0.1, 0.15) is 12.2 Å². The van der Waals surface area contributed by atoms with E-state index in [0.29, 0.717) is 5.88 Å². The fraction of sp³-hybridized carbons (Fsp3) is 0.118. The van der Waals surface area contributed by atoms with Crippen LogP contribution < -0.4 is 4.90 Å². The number of amides is 1. The fourth-order valence-electron chi connectivity index (χ4n) is 2.04. The summed E-state index contributed by atoms with van der Waals surface area (Å²) in [5.41, 5.74) is 1.69. The minimum Gasteiger partial charge on any atom is -0.444 e. The third kappa shape index (κ3) is 2.89. The van der Waals surface area contributed by atoms with Gasteiger partial charge in [-0.15, -0.1) is 0 Å². The molecule has 3 rings (SSSR count). The summed E-state index contributed by atoms with van der Waals surface area (Å²) < 4.78 is 10.9. The Morgan fingerprint density at radius 3 is 2.57 bits per heavy atom. The van der Waals surface area contributed by atoms with E-state index >= 15 is 0 Å². The summed E-state index contributed by atoms with van der Waals surface area (Å²) in [6.45, 7) is 0.240. The van der Waals surface area contributed by atoms with Crippen LogP contribution >= 0.6 is 0 Å². The van der Waals surface area contributed by atoms with Crippen molar-refractivity contribution in [2.24, 2.45) is 0 Å². The normalized spacial score (nSPS) is 10.5. The summed E-state index contributed by atoms with van der Waals surface area (Å²) in [6, 6.07) is 19.0. The van der Waals surface area contributed by atoms with E-state index in [9.17, 15) is 4.79 Å². The molecule has 0 aliphatic rings. The van der Waals surface area contributed by atoms with Crippen LogP contribution in [0.15, 0.2) is 65.1 Å². The lowest BCUT2D eigenvalue weighted by Crippen LogP contribution is -2.26. The molecule has 0 N–H and O–H groups in total. The van der Waals surface area contributed by atoms with Gasteiger partial charge in [-0.3, -0.25) is 4.90 Å². The van der Waals surface area contributed by atoms with E-state index in [1.165, 1.54) is 4.90 Å². The lowest BCUT2D eigenvalue weighted by Gasteiger charge is -2.13. The van der Waals surface area contributed by atoms with E-state index in [1.807, 2.05) is 60.7 Å². The highest BCUT2D eigenvalue weighted by Gasteiger charge is 2.16. The van der Waals surface area contributed by atoms with E-state index in [-0.39, 0.29) is 6.61 Å². The molecule has 0 atom stereocenters. The summed E-state index contributed by atoms with van der Waals surface area (Å²) in [4.78, 5) is 13.4. The molecule has 2 aromatic carbocycles. The average molecular weight is 281 g/mol. The van der Waals surface area contributed by atoms with Crippen LogP contribution in [0.25, 0.3) is 11.0 Å². The molecule has 4 nitrogen and oxygen atoms in total. The maximum atomic E-state index is 12.0. The molecule has 1 aromatic heterocycles. The summed E-state index contributed by atoms with van der Waals surface area (Å²) >= 11 is 0. The van der Waals surface area contributed by atoms with E-state index in [1.54, 1.807) is 7.05 Å². The number of rotatable bonds is 3. The number of para-hydroxylation sites is 1. The second-order valence-electron chi connectivity index (χ2n) is 4.72. The number of carbonyl (C=O) groups is 1. The minimum atomic E-state index is -0.446. The third-order valence-corrected chi connectivity index (χ3v) is 3.22. The molecule has 0 aliphatic carbocycles. The fourth-order valence-corrected chi connectivity index (χ4v) is 2.04. The first-order valence-corrected chi connectivity index (χ1v) is 6.67. The Bertz CT molecular complexity index is 716. The Kier molecular flexibility index (Phi) is 3.60. The van der Waals surface area contributed by atoms with Gasteiger partial charge in [-0.2, -0.15) is 0 Å². The maximum absolute atomic E-state index is 12.0. The number of benzene rings is 2. The molecule has 0 radical (unpaired) electrons. The highest BCUT2D eigenvalue weighted by atomic mass is 16.6. The minimum absolute atomic E-state index is 0.240. The van der Waals surface area contributed by atoms with Crippen LogP contribution in [0.2, 0.25) is 0 Å². The third-order valence-electron chi connectivity index (χ3n) is 3.22. The van der Waals surface area contributed by atoms with Crippen molar-refractivity contribution in [3.8, 4) is 0 Å². The smallest absolute Gasteiger partial charge is 0.416 e. The van der Waals surface area contributed by atoms with Gasteiger partial charge >= 0.3 is 6.09 Å². The van der Waals surface area contributed by atoms with Crippen LogP contribution in [-0.4, -0.2) is 13.1 Å². The lowest BCUT2D eigenvalue weighted by molar-refractivity contribution is 0.147.